The summed E-state index contributed by atoms with van der Waals surface area (Å²) in [7, 11) is 0. The first-order chi connectivity index (χ1) is 14.6. The summed E-state index contributed by atoms with van der Waals surface area (Å²) in [6.45, 7) is 0.998. The quantitative estimate of drug-likeness (QED) is 0.209. The van der Waals surface area contributed by atoms with Crippen molar-refractivity contribution in [2.75, 3.05) is 79.3 Å². The lowest BCUT2D eigenvalue weighted by Gasteiger charge is -2.18. The largest absolute Gasteiger partial charge is 0.487 e. The zero-order valence-electron chi connectivity index (χ0n) is 16.8. The van der Waals surface area contributed by atoms with Crippen molar-refractivity contribution in [2.24, 2.45) is 0 Å². The van der Waals surface area contributed by atoms with Crippen LogP contribution in [-0.4, -0.2) is 106 Å². The minimum atomic E-state index is -1.17. The number of carboxylic acid groups (broad SMARTS) is 1. The molecule has 4 N–H and O–H groups in total. The summed E-state index contributed by atoms with van der Waals surface area (Å²) in [5, 5.41) is 35.6. The first kappa shape index (κ1) is 25.9. The van der Waals surface area contributed by atoms with Gasteiger partial charge in [-0.25, -0.2) is 4.79 Å². The van der Waals surface area contributed by atoms with Crippen molar-refractivity contribution in [2.45, 2.75) is 0 Å². The van der Waals surface area contributed by atoms with Crippen LogP contribution in [0.3, 0.4) is 0 Å². The Bertz CT molecular complexity index is 559. The Morgan fingerprint density at radius 2 is 1.03 bits per heavy atom. The Morgan fingerprint density at radius 1 is 0.633 bits per heavy atom. The van der Waals surface area contributed by atoms with Gasteiger partial charge in [0.1, 0.15) is 19.8 Å². The molecular weight excluding hydrogens is 404 g/mol. The Balaban J connectivity index is 2.91. The number of aliphatic hydroxyl groups is 3. The van der Waals surface area contributed by atoms with Crippen molar-refractivity contribution in [3.05, 3.63) is 17.7 Å². The van der Waals surface area contributed by atoms with Gasteiger partial charge < -0.3 is 48.8 Å². The summed E-state index contributed by atoms with van der Waals surface area (Å²) in [5.74, 6) is -0.681. The first-order valence-electron chi connectivity index (χ1n) is 9.49. The molecule has 0 aliphatic heterocycles. The number of carbonyl (C=O) groups is 1. The molecule has 0 spiro atoms. The topological polar surface area (TPSA) is 153 Å². The summed E-state index contributed by atoms with van der Waals surface area (Å²) < 4.78 is 32.4. The van der Waals surface area contributed by atoms with Crippen molar-refractivity contribution >= 4 is 5.97 Å². The van der Waals surface area contributed by atoms with E-state index in [4.69, 9.17) is 43.7 Å². The van der Waals surface area contributed by atoms with E-state index >= 15 is 0 Å². The molecule has 0 aliphatic carbocycles. The van der Waals surface area contributed by atoms with E-state index < -0.39 is 5.97 Å². The van der Waals surface area contributed by atoms with Crippen LogP contribution in [0.2, 0.25) is 0 Å². The van der Waals surface area contributed by atoms with Crippen LogP contribution >= 0.6 is 0 Å². The van der Waals surface area contributed by atoms with Gasteiger partial charge in [-0.15, -0.1) is 0 Å². The number of hydrogen-bond donors (Lipinski definition) is 4. The van der Waals surface area contributed by atoms with Crippen LogP contribution in [-0.2, 0) is 14.2 Å². The summed E-state index contributed by atoms with van der Waals surface area (Å²) >= 11 is 0. The normalized spacial score (nSPS) is 10.8. The highest BCUT2D eigenvalue weighted by Crippen LogP contribution is 2.39. The fourth-order valence-electron chi connectivity index (χ4n) is 2.18. The third kappa shape index (κ3) is 10.6. The van der Waals surface area contributed by atoms with E-state index in [9.17, 15) is 9.90 Å². The Morgan fingerprint density at radius 3 is 1.40 bits per heavy atom. The first-order valence-corrected chi connectivity index (χ1v) is 9.49. The van der Waals surface area contributed by atoms with Crippen LogP contribution in [0.4, 0.5) is 0 Å². The number of rotatable bonds is 19. The van der Waals surface area contributed by atoms with Gasteiger partial charge in [0, 0.05) is 0 Å². The Labute approximate surface area is 174 Å². The third-order valence-corrected chi connectivity index (χ3v) is 3.42. The zero-order valence-corrected chi connectivity index (χ0v) is 16.8. The lowest BCUT2D eigenvalue weighted by atomic mass is 10.2. The monoisotopic (exact) mass is 434 g/mol. The van der Waals surface area contributed by atoms with Crippen molar-refractivity contribution in [1.29, 1.82) is 0 Å². The smallest absolute Gasteiger partial charge is 0.335 e. The minimum absolute atomic E-state index is 0.0589. The van der Waals surface area contributed by atoms with E-state index in [-0.39, 0.29) is 102 Å². The lowest BCUT2D eigenvalue weighted by Crippen LogP contribution is -2.14. The summed E-state index contributed by atoms with van der Waals surface area (Å²) in [5.41, 5.74) is -0.0589. The predicted molar refractivity (Wildman–Crippen MR) is 104 cm³/mol. The second-order valence-electron chi connectivity index (χ2n) is 5.66. The molecule has 0 heterocycles. The second kappa shape index (κ2) is 16.6. The van der Waals surface area contributed by atoms with Gasteiger partial charge >= 0.3 is 5.97 Å². The van der Waals surface area contributed by atoms with E-state index in [1.807, 2.05) is 0 Å². The van der Waals surface area contributed by atoms with Crippen LogP contribution in [0.25, 0.3) is 0 Å². The van der Waals surface area contributed by atoms with Crippen LogP contribution in [0.1, 0.15) is 10.4 Å². The lowest BCUT2D eigenvalue weighted by molar-refractivity contribution is 0.0601. The molecule has 0 radical (unpaired) electrons. The molecule has 0 aromatic heterocycles. The standard InChI is InChI=1S/C19H30O11/c20-1-4-25-7-10-28-16-13-15(19(23)24)14-17(29-11-8-26-5-2-21)18(16)30-12-9-27-6-3-22/h13-14,20-22H,1-12H2,(H,23,24). The highest BCUT2D eigenvalue weighted by molar-refractivity contribution is 5.89. The number of aromatic carboxylic acids is 1. The highest BCUT2D eigenvalue weighted by Gasteiger charge is 2.19. The highest BCUT2D eigenvalue weighted by atomic mass is 16.6. The van der Waals surface area contributed by atoms with E-state index in [1.54, 1.807) is 0 Å². The Hall–Kier alpha value is -2.15. The molecule has 0 amide bonds. The molecule has 0 bridgehead atoms. The summed E-state index contributed by atoms with van der Waals surface area (Å²) in [6, 6.07) is 2.63. The molecule has 0 aliphatic rings. The van der Waals surface area contributed by atoms with Gasteiger partial charge in [0.15, 0.2) is 11.5 Å². The molecule has 172 valence electrons. The fourth-order valence-corrected chi connectivity index (χ4v) is 2.18. The van der Waals surface area contributed by atoms with Crippen molar-refractivity contribution in [3.63, 3.8) is 0 Å². The van der Waals surface area contributed by atoms with Crippen molar-refractivity contribution < 1.29 is 53.6 Å². The van der Waals surface area contributed by atoms with Gasteiger partial charge in [0.05, 0.1) is 65.0 Å². The van der Waals surface area contributed by atoms with Gasteiger partial charge in [-0.2, -0.15) is 0 Å². The van der Waals surface area contributed by atoms with E-state index in [1.165, 1.54) is 12.1 Å². The number of aliphatic hydroxyl groups excluding tert-OH is 3. The van der Waals surface area contributed by atoms with E-state index in [2.05, 4.69) is 0 Å². The molecule has 0 atom stereocenters. The fraction of sp³-hybridized carbons (Fsp3) is 0.632. The average Bonchev–Trinajstić information content (AvgIpc) is 2.74. The molecule has 1 aromatic rings. The van der Waals surface area contributed by atoms with Crippen LogP contribution in [0.15, 0.2) is 12.1 Å². The maximum Gasteiger partial charge on any atom is 0.335 e. The van der Waals surface area contributed by atoms with Crippen LogP contribution in [0, 0.1) is 0 Å². The minimum Gasteiger partial charge on any atom is -0.487 e. The number of hydrogen-bond acceptors (Lipinski definition) is 10. The summed E-state index contributed by atoms with van der Waals surface area (Å²) in [6.07, 6.45) is 0. The van der Waals surface area contributed by atoms with E-state index in [0.29, 0.717) is 0 Å². The van der Waals surface area contributed by atoms with Crippen LogP contribution in [0.5, 0.6) is 17.2 Å². The SMILES string of the molecule is O=C(O)c1cc(OCCOCCO)c(OCCOCCO)c(OCCOCCO)c1. The van der Waals surface area contributed by atoms with Gasteiger partial charge in [0.25, 0.3) is 0 Å². The molecule has 11 nitrogen and oxygen atoms in total. The van der Waals surface area contributed by atoms with Gasteiger partial charge in [-0.05, 0) is 12.1 Å². The predicted octanol–water partition coefficient (Wildman–Crippen LogP) is -0.452. The van der Waals surface area contributed by atoms with Crippen molar-refractivity contribution in [3.8, 4) is 17.2 Å². The molecule has 1 aromatic carbocycles. The molecule has 0 unspecified atom stereocenters. The molecule has 0 saturated carbocycles. The summed E-state index contributed by atoms with van der Waals surface area (Å²) in [4.78, 5) is 11.5. The van der Waals surface area contributed by atoms with E-state index in [0.717, 1.165) is 0 Å². The van der Waals surface area contributed by atoms with Crippen LogP contribution < -0.4 is 14.2 Å². The Kier molecular flexibility index (Phi) is 14.3. The third-order valence-electron chi connectivity index (χ3n) is 3.42. The second-order valence-corrected chi connectivity index (χ2v) is 5.66. The average molecular weight is 434 g/mol. The molecule has 1 rings (SSSR count). The maximum atomic E-state index is 11.5. The van der Waals surface area contributed by atoms with Crippen molar-refractivity contribution in [1.82, 2.24) is 0 Å². The molecule has 0 saturated heterocycles. The molecule has 30 heavy (non-hydrogen) atoms. The molecule has 11 heteroatoms. The zero-order chi connectivity index (χ0) is 22.0. The van der Waals surface area contributed by atoms with Gasteiger partial charge in [-0.3, -0.25) is 0 Å². The van der Waals surface area contributed by atoms with Gasteiger partial charge in [-0.1, -0.05) is 0 Å². The number of benzene rings is 1. The molecule has 0 fully saturated rings. The number of ether oxygens (including phenoxy) is 6. The number of carboxylic acids is 1. The molecular formula is C19H30O11. The van der Waals surface area contributed by atoms with Gasteiger partial charge in [0.2, 0.25) is 5.75 Å². The maximum absolute atomic E-state index is 11.5.